The van der Waals surface area contributed by atoms with Crippen LogP contribution in [0.25, 0.3) is 0 Å². The number of aliphatic hydroxyl groups excluding tert-OH is 1. The maximum atomic E-state index is 10.7. The van der Waals surface area contributed by atoms with E-state index in [1.54, 1.807) is 7.11 Å². The molecule has 5 nitrogen and oxygen atoms in total. The highest BCUT2D eigenvalue weighted by Crippen LogP contribution is 2.34. The minimum Gasteiger partial charge on any atom is -0.387 e. The van der Waals surface area contributed by atoms with Gasteiger partial charge in [-0.3, -0.25) is 9.58 Å². The summed E-state index contributed by atoms with van der Waals surface area (Å²) in [6.45, 7) is 6.39. The Morgan fingerprint density at radius 2 is 2.08 bits per heavy atom. The zero-order chi connectivity index (χ0) is 17.3. The number of aromatic nitrogens is 2. The van der Waals surface area contributed by atoms with Crippen LogP contribution in [-0.4, -0.2) is 46.6 Å². The van der Waals surface area contributed by atoms with Crippen LogP contribution in [0.15, 0.2) is 24.3 Å². The molecule has 1 aliphatic rings. The number of nitrogens with zero attached hydrogens (tertiary/aromatic N) is 3. The van der Waals surface area contributed by atoms with Crippen LogP contribution in [0.4, 0.5) is 0 Å². The Morgan fingerprint density at radius 1 is 1.33 bits per heavy atom. The van der Waals surface area contributed by atoms with Crippen molar-refractivity contribution in [1.82, 2.24) is 14.7 Å². The van der Waals surface area contributed by atoms with Gasteiger partial charge in [-0.1, -0.05) is 24.3 Å². The van der Waals surface area contributed by atoms with Crippen LogP contribution in [0.1, 0.15) is 34.2 Å². The molecule has 0 bridgehead atoms. The molecule has 1 aromatic carbocycles. The fourth-order valence-electron chi connectivity index (χ4n) is 3.67. The first-order valence-corrected chi connectivity index (χ1v) is 8.50. The largest absolute Gasteiger partial charge is 0.387 e. The molecule has 0 saturated heterocycles. The Bertz CT molecular complexity index is 711. The number of ether oxygens (including phenoxy) is 1. The van der Waals surface area contributed by atoms with E-state index >= 15 is 0 Å². The maximum absolute atomic E-state index is 10.7. The molecule has 24 heavy (non-hydrogen) atoms. The van der Waals surface area contributed by atoms with Crippen molar-refractivity contribution in [2.75, 3.05) is 20.8 Å². The summed E-state index contributed by atoms with van der Waals surface area (Å²) in [4.78, 5) is 2.25. The smallest absolute Gasteiger partial charge is 0.0951 e. The Labute approximate surface area is 143 Å². The van der Waals surface area contributed by atoms with Gasteiger partial charge in [0.15, 0.2) is 0 Å². The average Bonchev–Trinajstić information content (AvgIpc) is 3.05. The minimum absolute atomic E-state index is 0.114. The van der Waals surface area contributed by atoms with Crippen LogP contribution in [0, 0.1) is 13.8 Å². The molecule has 5 heteroatoms. The average molecular weight is 329 g/mol. The molecule has 2 aromatic rings. The number of likely N-dealkylation sites (N-methyl/N-ethyl adjacent to an activating group) is 1. The molecule has 0 unspecified atom stereocenters. The summed E-state index contributed by atoms with van der Waals surface area (Å²) < 4.78 is 7.17. The molecule has 0 spiro atoms. The molecular formula is C19H27N3O2. The van der Waals surface area contributed by atoms with Crippen molar-refractivity contribution in [2.24, 2.45) is 0 Å². The Balaban J connectivity index is 1.74. The monoisotopic (exact) mass is 329 g/mol. The van der Waals surface area contributed by atoms with Crippen molar-refractivity contribution < 1.29 is 9.84 Å². The molecule has 1 aromatic heterocycles. The highest BCUT2D eigenvalue weighted by Gasteiger charge is 2.33. The number of rotatable bonds is 6. The van der Waals surface area contributed by atoms with Gasteiger partial charge >= 0.3 is 0 Å². The highest BCUT2D eigenvalue weighted by molar-refractivity contribution is 5.36. The summed E-state index contributed by atoms with van der Waals surface area (Å²) in [5.74, 6) is 0. The van der Waals surface area contributed by atoms with E-state index in [1.165, 1.54) is 16.8 Å². The van der Waals surface area contributed by atoms with Crippen molar-refractivity contribution in [3.05, 3.63) is 52.3 Å². The van der Waals surface area contributed by atoms with Gasteiger partial charge in [0.05, 0.1) is 24.9 Å². The fraction of sp³-hybridized carbons (Fsp3) is 0.526. The van der Waals surface area contributed by atoms with Crippen molar-refractivity contribution >= 4 is 0 Å². The van der Waals surface area contributed by atoms with E-state index in [0.717, 1.165) is 30.8 Å². The molecule has 1 heterocycles. The number of hydrogen-bond acceptors (Lipinski definition) is 4. The van der Waals surface area contributed by atoms with Crippen molar-refractivity contribution in [1.29, 1.82) is 0 Å². The lowest BCUT2D eigenvalue weighted by atomic mass is 10.1. The number of hydrogen-bond donors (Lipinski definition) is 1. The van der Waals surface area contributed by atoms with Crippen LogP contribution < -0.4 is 0 Å². The van der Waals surface area contributed by atoms with E-state index in [2.05, 4.69) is 37.0 Å². The molecule has 2 atom stereocenters. The third kappa shape index (κ3) is 3.11. The Hall–Kier alpha value is -1.69. The molecule has 0 amide bonds. The first-order valence-electron chi connectivity index (χ1n) is 8.50. The zero-order valence-corrected chi connectivity index (χ0v) is 15.0. The highest BCUT2D eigenvalue weighted by atomic mass is 16.5. The molecular weight excluding hydrogens is 302 g/mol. The molecule has 0 radical (unpaired) electrons. The SMILES string of the molecule is COCCn1nc(C)c(CN(C)[C@H]2Cc3ccccc3[C@H]2O)c1C. The third-order valence-electron chi connectivity index (χ3n) is 5.18. The lowest BCUT2D eigenvalue weighted by molar-refractivity contribution is 0.0719. The summed E-state index contributed by atoms with van der Waals surface area (Å²) in [6, 6.07) is 8.31. The van der Waals surface area contributed by atoms with Gasteiger partial charge in [-0.2, -0.15) is 5.10 Å². The van der Waals surface area contributed by atoms with Crippen molar-refractivity contribution in [3.63, 3.8) is 0 Å². The van der Waals surface area contributed by atoms with Gasteiger partial charge in [0.1, 0.15) is 0 Å². The van der Waals surface area contributed by atoms with Gasteiger partial charge in [0, 0.05) is 31.0 Å². The van der Waals surface area contributed by atoms with Gasteiger partial charge in [0.2, 0.25) is 0 Å². The van der Waals surface area contributed by atoms with Crippen LogP contribution >= 0.6 is 0 Å². The maximum Gasteiger partial charge on any atom is 0.0951 e. The van der Waals surface area contributed by atoms with Gasteiger partial charge < -0.3 is 9.84 Å². The summed E-state index contributed by atoms with van der Waals surface area (Å²) in [5.41, 5.74) is 5.81. The Kier molecular flexibility index (Phi) is 5.04. The predicted octanol–water partition coefficient (Wildman–Crippen LogP) is 2.24. The van der Waals surface area contributed by atoms with Crippen LogP contribution in [0.3, 0.4) is 0 Å². The number of methoxy groups -OCH3 is 1. The van der Waals surface area contributed by atoms with Crippen LogP contribution in [-0.2, 0) is 24.2 Å². The van der Waals surface area contributed by atoms with Gasteiger partial charge in [-0.25, -0.2) is 0 Å². The van der Waals surface area contributed by atoms with Gasteiger partial charge in [-0.05, 0) is 38.4 Å². The first kappa shape index (κ1) is 17.1. The lowest BCUT2D eigenvalue weighted by Crippen LogP contribution is -2.34. The predicted molar refractivity (Wildman–Crippen MR) is 93.9 cm³/mol. The number of fused-ring (bicyclic) bond motifs is 1. The normalized spacial score (nSPS) is 19.9. The van der Waals surface area contributed by atoms with E-state index in [1.807, 2.05) is 22.9 Å². The topological polar surface area (TPSA) is 50.5 Å². The van der Waals surface area contributed by atoms with Gasteiger partial charge in [-0.15, -0.1) is 0 Å². The standard InChI is InChI=1S/C19H27N3O2/c1-13-17(14(2)22(20-13)9-10-24-4)12-21(3)18-11-15-7-5-6-8-16(15)19(18)23/h5-8,18-19,23H,9-12H2,1-4H3/t18-,19+/m0/s1. The molecule has 1 N–H and O–H groups in total. The minimum atomic E-state index is -0.421. The summed E-state index contributed by atoms with van der Waals surface area (Å²) in [7, 11) is 3.80. The Morgan fingerprint density at radius 3 is 2.79 bits per heavy atom. The van der Waals surface area contributed by atoms with Crippen molar-refractivity contribution in [3.8, 4) is 0 Å². The second kappa shape index (κ2) is 7.05. The number of aliphatic hydroxyl groups is 1. The summed E-state index contributed by atoms with van der Waals surface area (Å²) >= 11 is 0. The van der Waals surface area contributed by atoms with E-state index in [-0.39, 0.29) is 6.04 Å². The molecule has 0 fully saturated rings. The molecule has 1 aliphatic carbocycles. The first-order chi connectivity index (χ1) is 11.5. The molecule has 130 valence electrons. The van der Waals surface area contributed by atoms with Crippen LogP contribution in [0.5, 0.6) is 0 Å². The van der Waals surface area contributed by atoms with E-state index in [9.17, 15) is 5.11 Å². The lowest BCUT2D eigenvalue weighted by Gasteiger charge is -2.27. The summed E-state index contributed by atoms with van der Waals surface area (Å²) in [6.07, 6.45) is 0.472. The molecule has 3 rings (SSSR count). The fourth-order valence-corrected chi connectivity index (χ4v) is 3.67. The van der Waals surface area contributed by atoms with Crippen molar-refractivity contribution in [2.45, 2.75) is 45.5 Å². The zero-order valence-electron chi connectivity index (χ0n) is 15.0. The second-order valence-electron chi connectivity index (χ2n) is 6.70. The van der Waals surface area contributed by atoms with E-state index < -0.39 is 6.10 Å². The number of benzene rings is 1. The molecule has 0 aliphatic heterocycles. The second-order valence-corrected chi connectivity index (χ2v) is 6.70. The van der Waals surface area contributed by atoms with E-state index in [4.69, 9.17) is 4.74 Å². The molecule has 0 saturated carbocycles. The van der Waals surface area contributed by atoms with Crippen LogP contribution in [0.2, 0.25) is 0 Å². The summed E-state index contributed by atoms with van der Waals surface area (Å²) in [5, 5.41) is 15.3. The van der Waals surface area contributed by atoms with Gasteiger partial charge in [0.25, 0.3) is 0 Å². The third-order valence-corrected chi connectivity index (χ3v) is 5.18. The van der Waals surface area contributed by atoms with E-state index in [0.29, 0.717) is 6.61 Å². The number of aryl methyl sites for hydroxylation is 1. The quantitative estimate of drug-likeness (QED) is 0.883.